The smallest absolute Gasteiger partial charge is 0.229 e. The highest BCUT2D eigenvalue weighted by atomic mass is 16.2. The summed E-state index contributed by atoms with van der Waals surface area (Å²) >= 11 is 0. The van der Waals surface area contributed by atoms with E-state index in [9.17, 15) is 9.59 Å². The van der Waals surface area contributed by atoms with Crippen molar-refractivity contribution in [3.8, 4) is 0 Å². The summed E-state index contributed by atoms with van der Waals surface area (Å²) in [5, 5.41) is 3.36. The molecule has 29 heavy (non-hydrogen) atoms. The van der Waals surface area contributed by atoms with Gasteiger partial charge in [-0.05, 0) is 44.4 Å². The molecular formula is C22H33N5O2. The van der Waals surface area contributed by atoms with Gasteiger partial charge in [0, 0.05) is 57.8 Å². The van der Waals surface area contributed by atoms with Crippen LogP contribution in [0.1, 0.15) is 37.3 Å². The number of guanidine groups is 1. The third-order valence-electron chi connectivity index (χ3n) is 5.80. The van der Waals surface area contributed by atoms with Crippen LogP contribution in [0.3, 0.4) is 0 Å². The van der Waals surface area contributed by atoms with Gasteiger partial charge in [-0.25, -0.2) is 0 Å². The molecule has 158 valence electrons. The summed E-state index contributed by atoms with van der Waals surface area (Å²) in [4.78, 5) is 34.7. The highest BCUT2D eigenvalue weighted by molar-refractivity contribution is 5.97. The Balaban J connectivity index is 1.58. The zero-order valence-corrected chi connectivity index (χ0v) is 17.9. The Morgan fingerprint density at radius 1 is 1.07 bits per heavy atom. The fraction of sp³-hybridized carbons (Fsp3) is 0.591. The number of hydrogen-bond donors (Lipinski definition) is 1. The van der Waals surface area contributed by atoms with E-state index in [1.807, 2.05) is 0 Å². The summed E-state index contributed by atoms with van der Waals surface area (Å²) in [6, 6.07) is 6.48. The average Bonchev–Trinajstić information content (AvgIpc) is 2.72. The van der Waals surface area contributed by atoms with Crippen LogP contribution < -0.4 is 10.2 Å². The summed E-state index contributed by atoms with van der Waals surface area (Å²) in [5.41, 5.74) is 3.98. The van der Waals surface area contributed by atoms with Crippen molar-refractivity contribution in [2.24, 2.45) is 4.99 Å². The van der Waals surface area contributed by atoms with Gasteiger partial charge in [0.15, 0.2) is 5.96 Å². The number of nitrogens with zero attached hydrogens (tertiary/aromatic N) is 4. The number of carbonyl (C=O) groups excluding carboxylic acids is 2. The molecule has 1 aromatic carbocycles. The molecule has 0 radical (unpaired) electrons. The Hall–Kier alpha value is -2.57. The lowest BCUT2D eigenvalue weighted by atomic mass is 10.1. The summed E-state index contributed by atoms with van der Waals surface area (Å²) in [6.45, 7) is 11.7. The van der Waals surface area contributed by atoms with Crippen LogP contribution in [-0.4, -0.2) is 73.4 Å². The zero-order valence-electron chi connectivity index (χ0n) is 17.9. The molecule has 0 saturated carbocycles. The molecule has 7 nitrogen and oxygen atoms in total. The molecule has 1 aromatic rings. The Morgan fingerprint density at radius 3 is 2.41 bits per heavy atom. The first-order valence-corrected chi connectivity index (χ1v) is 10.7. The van der Waals surface area contributed by atoms with Gasteiger partial charge in [0.2, 0.25) is 11.8 Å². The molecule has 0 aliphatic carbocycles. The van der Waals surface area contributed by atoms with Crippen molar-refractivity contribution in [1.82, 2.24) is 15.1 Å². The van der Waals surface area contributed by atoms with Gasteiger partial charge in [-0.1, -0.05) is 12.1 Å². The molecule has 2 fully saturated rings. The van der Waals surface area contributed by atoms with Crippen molar-refractivity contribution >= 4 is 23.5 Å². The summed E-state index contributed by atoms with van der Waals surface area (Å²) < 4.78 is 0. The Morgan fingerprint density at radius 2 is 1.76 bits per heavy atom. The van der Waals surface area contributed by atoms with Gasteiger partial charge in [-0.15, -0.1) is 0 Å². The SMILES string of the molecule is CCNC(=NCCN1C(=O)CCCC1=O)N1CCN(c2cccc(C)c2C)CC1. The number of likely N-dealkylation sites (tertiary alicyclic amines) is 1. The Kier molecular flexibility index (Phi) is 7.12. The minimum absolute atomic E-state index is 0.0661. The number of piperazine rings is 1. The second-order valence-corrected chi connectivity index (χ2v) is 7.72. The number of piperidine rings is 1. The quantitative estimate of drug-likeness (QED) is 0.466. The van der Waals surface area contributed by atoms with E-state index >= 15 is 0 Å². The van der Waals surface area contributed by atoms with Crippen molar-refractivity contribution in [3.05, 3.63) is 29.3 Å². The molecular weight excluding hydrogens is 366 g/mol. The highest BCUT2D eigenvalue weighted by Gasteiger charge is 2.25. The number of imide groups is 1. The van der Waals surface area contributed by atoms with Crippen molar-refractivity contribution in [2.45, 2.75) is 40.0 Å². The number of benzene rings is 1. The van der Waals surface area contributed by atoms with Crippen molar-refractivity contribution in [3.63, 3.8) is 0 Å². The first-order chi connectivity index (χ1) is 14.0. The maximum atomic E-state index is 12.0. The standard InChI is InChI=1S/C22H33N5O2/c1-4-23-22(24-11-12-27-20(28)9-6-10-21(27)29)26-15-13-25(14-16-26)19-8-5-7-17(2)18(19)3/h5,7-8H,4,6,9-16H2,1-3H3,(H,23,24). The van der Waals surface area contributed by atoms with Crippen LogP contribution in [-0.2, 0) is 9.59 Å². The third kappa shape index (κ3) is 5.08. The fourth-order valence-corrected chi connectivity index (χ4v) is 3.97. The van der Waals surface area contributed by atoms with Gasteiger partial charge in [0.25, 0.3) is 0 Å². The molecule has 2 amide bonds. The van der Waals surface area contributed by atoms with E-state index in [1.165, 1.54) is 21.7 Å². The monoisotopic (exact) mass is 399 g/mol. The lowest BCUT2D eigenvalue weighted by Crippen LogP contribution is -2.53. The number of aryl methyl sites for hydroxylation is 1. The van der Waals surface area contributed by atoms with E-state index in [0.717, 1.165) is 38.7 Å². The number of hydrogen-bond acceptors (Lipinski definition) is 4. The van der Waals surface area contributed by atoms with E-state index in [0.29, 0.717) is 32.4 Å². The molecule has 3 rings (SSSR count). The molecule has 0 bridgehead atoms. The van der Waals surface area contributed by atoms with Crippen LogP contribution in [0.2, 0.25) is 0 Å². The number of rotatable bonds is 5. The van der Waals surface area contributed by atoms with Crippen LogP contribution in [0.4, 0.5) is 5.69 Å². The predicted octanol–water partition coefficient (Wildman–Crippen LogP) is 1.93. The molecule has 0 spiro atoms. The normalized spacial score (nSPS) is 18.4. The lowest BCUT2D eigenvalue weighted by molar-refractivity contribution is -0.147. The first kappa shape index (κ1) is 21.1. The van der Waals surface area contributed by atoms with E-state index in [4.69, 9.17) is 4.99 Å². The number of aliphatic imine (C=N–C) groups is 1. The van der Waals surface area contributed by atoms with Crippen LogP contribution in [0, 0.1) is 13.8 Å². The van der Waals surface area contributed by atoms with Gasteiger partial charge in [-0.2, -0.15) is 0 Å². The molecule has 0 atom stereocenters. The predicted molar refractivity (Wildman–Crippen MR) is 116 cm³/mol. The van der Waals surface area contributed by atoms with E-state index < -0.39 is 0 Å². The number of carbonyl (C=O) groups is 2. The number of amides is 2. The summed E-state index contributed by atoms with van der Waals surface area (Å²) in [7, 11) is 0. The average molecular weight is 400 g/mol. The largest absolute Gasteiger partial charge is 0.368 e. The van der Waals surface area contributed by atoms with Crippen molar-refractivity contribution in [1.29, 1.82) is 0 Å². The second kappa shape index (κ2) is 9.76. The van der Waals surface area contributed by atoms with Gasteiger partial charge in [0.1, 0.15) is 0 Å². The molecule has 1 N–H and O–H groups in total. The van der Waals surface area contributed by atoms with Crippen LogP contribution >= 0.6 is 0 Å². The maximum absolute atomic E-state index is 12.0. The van der Waals surface area contributed by atoms with Crippen LogP contribution in [0.25, 0.3) is 0 Å². The molecule has 2 heterocycles. The number of anilines is 1. The van der Waals surface area contributed by atoms with E-state index in [2.05, 4.69) is 54.1 Å². The maximum Gasteiger partial charge on any atom is 0.229 e. The fourth-order valence-electron chi connectivity index (χ4n) is 3.97. The molecule has 2 aliphatic rings. The minimum Gasteiger partial charge on any atom is -0.368 e. The molecule has 2 saturated heterocycles. The Bertz CT molecular complexity index is 752. The molecule has 0 unspecified atom stereocenters. The summed E-state index contributed by atoms with van der Waals surface area (Å²) in [6.07, 6.45) is 1.61. The first-order valence-electron chi connectivity index (χ1n) is 10.7. The van der Waals surface area contributed by atoms with E-state index in [-0.39, 0.29) is 11.8 Å². The van der Waals surface area contributed by atoms with Crippen LogP contribution in [0.15, 0.2) is 23.2 Å². The number of nitrogens with one attached hydrogen (secondary N) is 1. The van der Waals surface area contributed by atoms with Gasteiger partial charge >= 0.3 is 0 Å². The Labute approximate surface area is 173 Å². The zero-order chi connectivity index (χ0) is 20.8. The van der Waals surface area contributed by atoms with Crippen molar-refractivity contribution < 1.29 is 9.59 Å². The van der Waals surface area contributed by atoms with Gasteiger partial charge in [-0.3, -0.25) is 19.5 Å². The lowest BCUT2D eigenvalue weighted by Gasteiger charge is -2.38. The minimum atomic E-state index is -0.0661. The summed E-state index contributed by atoms with van der Waals surface area (Å²) in [5.74, 6) is 0.734. The topological polar surface area (TPSA) is 68.2 Å². The van der Waals surface area contributed by atoms with E-state index in [1.54, 1.807) is 0 Å². The third-order valence-corrected chi connectivity index (χ3v) is 5.80. The second-order valence-electron chi connectivity index (χ2n) is 7.72. The highest BCUT2D eigenvalue weighted by Crippen LogP contribution is 2.23. The van der Waals surface area contributed by atoms with Gasteiger partial charge in [0.05, 0.1) is 6.54 Å². The molecule has 2 aliphatic heterocycles. The molecule has 0 aromatic heterocycles. The van der Waals surface area contributed by atoms with Crippen LogP contribution in [0.5, 0.6) is 0 Å². The van der Waals surface area contributed by atoms with Crippen molar-refractivity contribution in [2.75, 3.05) is 50.7 Å². The van der Waals surface area contributed by atoms with Gasteiger partial charge < -0.3 is 15.1 Å². The molecule has 7 heteroatoms.